The van der Waals surface area contributed by atoms with Gasteiger partial charge in [0.15, 0.2) is 0 Å². The molecule has 32 heavy (non-hydrogen) atoms. The van der Waals surface area contributed by atoms with E-state index in [0.717, 1.165) is 36.0 Å². The standard InChI is InChI=1S/C25H28N4O3/c1-16-7-8-19(13-22(16)32-3)27-23(30)25(9-5-4-6-10-25)29-15-20-17(2)11-18(14-26)12-21(20)28-24(29)31/h7-8,11-13H,4-6,9-10,15H2,1-3H3,(H,27,30)(H,28,31). The summed E-state index contributed by atoms with van der Waals surface area (Å²) in [6.07, 6.45) is 4.03. The maximum Gasteiger partial charge on any atom is 0.323 e. The summed E-state index contributed by atoms with van der Waals surface area (Å²) in [5.74, 6) is 0.530. The predicted octanol–water partition coefficient (Wildman–Crippen LogP) is 4.87. The molecule has 0 bridgehead atoms. The smallest absolute Gasteiger partial charge is 0.323 e. The molecule has 1 fully saturated rings. The van der Waals surface area contributed by atoms with Gasteiger partial charge >= 0.3 is 6.03 Å². The third-order valence-electron chi connectivity index (χ3n) is 6.69. The molecule has 0 saturated heterocycles. The second kappa shape index (κ2) is 8.54. The fraction of sp³-hybridized carbons (Fsp3) is 0.400. The maximum absolute atomic E-state index is 13.7. The van der Waals surface area contributed by atoms with Gasteiger partial charge in [0.05, 0.1) is 25.3 Å². The van der Waals surface area contributed by atoms with Gasteiger partial charge in [-0.05, 0) is 61.6 Å². The van der Waals surface area contributed by atoms with Gasteiger partial charge in [-0.25, -0.2) is 4.79 Å². The van der Waals surface area contributed by atoms with Crippen molar-refractivity contribution in [3.05, 3.63) is 52.6 Å². The molecule has 2 aromatic rings. The van der Waals surface area contributed by atoms with Crippen LogP contribution in [0.5, 0.6) is 5.75 Å². The van der Waals surface area contributed by atoms with Crippen molar-refractivity contribution in [3.8, 4) is 11.8 Å². The fourth-order valence-electron chi connectivity index (χ4n) is 4.86. The molecule has 7 nitrogen and oxygen atoms in total. The van der Waals surface area contributed by atoms with Gasteiger partial charge in [0.2, 0.25) is 5.91 Å². The summed E-state index contributed by atoms with van der Waals surface area (Å²) in [5.41, 5.74) is 3.73. The van der Waals surface area contributed by atoms with E-state index in [1.54, 1.807) is 18.1 Å². The molecule has 4 rings (SSSR count). The molecule has 1 saturated carbocycles. The van der Waals surface area contributed by atoms with Gasteiger partial charge in [0, 0.05) is 17.4 Å². The van der Waals surface area contributed by atoms with E-state index in [1.165, 1.54) is 0 Å². The molecule has 1 aliphatic heterocycles. The summed E-state index contributed by atoms with van der Waals surface area (Å²) in [4.78, 5) is 28.6. The second-order valence-corrected chi connectivity index (χ2v) is 8.68. The molecule has 0 unspecified atom stereocenters. The number of methoxy groups -OCH3 is 1. The Hall–Kier alpha value is -3.53. The number of nitrogens with one attached hydrogen (secondary N) is 2. The minimum atomic E-state index is -0.932. The summed E-state index contributed by atoms with van der Waals surface area (Å²) in [5, 5.41) is 15.2. The minimum absolute atomic E-state index is 0.173. The highest BCUT2D eigenvalue weighted by Gasteiger charge is 2.48. The number of aryl methyl sites for hydroxylation is 2. The van der Waals surface area contributed by atoms with Crippen LogP contribution < -0.4 is 15.4 Å². The van der Waals surface area contributed by atoms with Crippen LogP contribution in [0.25, 0.3) is 0 Å². The number of hydrogen-bond donors (Lipinski definition) is 2. The van der Waals surface area contributed by atoms with Gasteiger partial charge in [-0.15, -0.1) is 0 Å². The van der Waals surface area contributed by atoms with Crippen molar-refractivity contribution in [1.29, 1.82) is 5.26 Å². The van der Waals surface area contributed by atoms with Crippen LogP contribution in [0.4, 0.5) is 16.2 Å². The topological polar surface area (TPSA) is 94.5 Å². The number of ether oxygens (including phenoxy) is 1. The Morgan fingerprint density at radius 3 is 2.59 bits per heavy atom. The van der Waals surface area contributed by atoms with Gasteiger partial charge in [-0.2, -0.15) is 5.26 Å². The molecule has 2 aromatic carbocycles. The van der Waals surface area contributed by atoms with Crippen LogP contribution >= 0.6 is 0 Å². The number of carbonyl (C=O) groups excluding carboxylic acids is 2. The molecule has 0 radical (unpaired) electrons. The number of nitriles is 1. The Kier molecular flexibility index (Phi) is 5.79. The SMILES string of the molecule is COc1cc(NC(=O)C2(N3Cc4c(C)cc(C#N)cc4NC3=O)CCCCC2)ccc1C. The lowest BCUT2D eigenvalue weighted by Crippen LogP contribution is -2.61. The molecule has 166 valence electrons. The molecular formula is C25H28N4O3. The molecule has 3 amide bonds. The molecule has 1 aliphatic carbocycles. The van der Waals surface area contributed by atoms with Crippen LogP contribution in [0.2, 0.25) is 0 Å². The zero-order valence-electron chi connectivity index (χ0n) is 18.7. The van der Waals surface area contributed by atoms with E-state index in [0.29, 0.717) is 42.1 Å². The van der Waals surface area contributed by atoms with E-state index < -0.39 is 5.54 Å². The van der Waals surface area contributed by atoms with Crippen molar-refractivity contribution in [3.63, 3.8) is 0 Å². The first-order chi connectivity index (χ1) is 15.4. The highest BCUT2D eigenvalue weighted by Crippen LogP contribution is 2.40. The third-order valence-corrected chi connectivity index (χ3v) is 6.69. The van der Waals surface area contributed by atoms with Crippen LogP contribution in [-0.4, -0.2) is 29.5 Å². The summed E-state index contributed by atoms with van der Waals surface area (Å²) in [6, 6.07) is 10.9. The monoisotopic (exact) mass is 432 g/mol. The zero-order valence-corrected chi connectivity index (χ0v) is 18.7. The molecule has 2 aliphatic rings. The summed E-state index contributed by atoms with van der Waals surface area (Å²) in [7, 11) is 1.60. The molecule has 0 atom stereocenters. The minimum Gasteiger partial charge on any atom is -0.496 e. The molecule has 7 heteroatoms. The first kappa shape index (κ1) is 21.7. The summed E-state index contributed by atoms with van der Waals surface area (Å²) in [6.45, 7) is 4.22. The number of fused-ring (bicyclic) bond motifs is 1. The Bertz CT molecular complexity index is 1110. The predicted molar refractivity (Wildman–Crippen MR) is 123 cm³/mol. The van der Waals surface area contributed by atoms with Crippen LogP contribution in [0.3, 0.4) is 0 Å². The van der Waals surface area contributed by atoms with Crippen LogP contribution in [0.15, 0.2) is 30.3 Å². The Morgan fingerprint density at radius 1 is 1.16 bits per heavy atom. The van der Waals surface area contributed by atoms with Crippen molar-refractivity contribution in [2.45, 2.75) is 58.0 Å². The normalized spacial score (nSPS) is 17.1. The maximum atomic E-state index is 13.7. The lowest BCUT2D eigenvalue weighted by molar-refractivity contribution is -0.128. The first-order valence-electron chi connectivity index (χ1n) is 11.0. The Balaban J connectivity index is 1.68. The second-order valence-electron chi connectivity index (χ2n) is 8.68. The fourth-order valence-corrected chi connectivity index (χ4v) is 4.86. The van der Waals surface area contributed by atoms with E-state index >= 15 is 0 Å². The quantitative estimate of drug-likeness (QED) is 0.720. The van der Waals surface area contributed by atoms with Crippen molar-refractivity contribution in [2.24, 2.45) is 0 Å². The Morgan fingerprint density at radius 2 is 1.91 bits per heavy atom. The van der Waals surface area contributed by atoms with Gasteiger partial charge < -0.3 is 20.3 Å². The summed E-state index contributed by atoms with van der Waals surface area (Å²) >= 11 is 0. The lowest BCUT2D eigenvalue weighted by atomic mass is 9.78. The van der Waals surface area contributed by atoms with E-state index in [-0.39, 0.29) is 11.9 Å². The number of benzene rings is 2. The van der Waals surface area contributed by atoms with Crippen molar-refractivity contribution in [2.75, 3.05) is 17.7 Å². The van der Waals surface area contributed by atoms with E-state index in [1.807, 2.05) is 38.1 Å². The number of carbonyl (C=O) groups is 2. The van der Waals surface area contributed by atoms with Crippen LogP contribution in [0.1, 0.15) is 54.4 Å². The third kappa shape index (κ3) is 3.77. The number of urea groups is 1. The average Bonchev–Trinajstić information content (AvgIpc) is 2.80. The zero-order chi connectivity index (χ0) is 22.9. The largest absolute Gasteiger partial charge is 0.496 e. The van der Waals surface area contributed by atoms with Gasteiger partial charge in [0.1, 0.15) is 11.3 Å². The average molecular weight is 433 g/mol. The molecular weight excluding hydrogens is 404 g/mol. The number of anilines is 2. The van der Waals surface area contributed by atoms with E-state index in [9.17, 15) is 14.9 Å². The van der Waals surface area contributed by atoms with Gasteiger partial charge in [-0.3, -0.25) is 4.79 Å². The molecule has 0 spiro atoms. The summed E-state index contributed by atoms with van der Waals surface area (Å²) < 4.78 is 5.39. The molecule has 0 aromatic heterocycles. The van der Waals surface area contributed by atoms with Gasteiger partial charge in [-0.1, -0.05) is 25.3 Å². The van der Waals surface area contributed by atoms with Crippen LogP contribution in [-0.2, 0) is 11.3 Å². The number of amides is 3. The molecule has 1 heterocycles. The highest BCUT2D eigenvalue weighted by atomic mass is 16.5. The van der Waals surface area contributed by atoms with Crippen molar-refractivity contribution >= 4 is 23.3 Å². The van der Waals surface area contributed by atoms with Gasteiger partial charge in [0.25, 0.3) is 0 Å². The Labute approximate surface area is 188 Å². The highest BCUT2D eigenvalue weighted by molar-refractivity contribution is 6.03. The van der Waals surface area contributed by atoms with Crippen LogP contribution in [0, 0.1) is 25.2 Å². The van der Waals surface area contributed by atoms with Crippen molar-refractivity contribution in [1.82, 2.24) is 4.90 Å². The van der Waals surface area contributed by atoms with E-state index in [2.05, 4.69) is 16.7 Å². The lowest BCUT2D eigenvalue weighted by Gasteiger charge is -2.47. The molecule has 2 N–H and O–H groups in total. The number of rotatable bonds is 4. The number of nitrogens with zero attached hydrogens (tertiary/aromatic N) is 2. The number of hydrogen-bond acceptors (Lipinski definition) is 4. The first-order valence-corrected chi connectivity index (χ1v) is 11.0. The van der Waals surface area contributed by atoms with Crippen molar-refractivity contribution < 1.29 is 14.3 Å². The van der Waals surface area contributed by atoms with E-state index in [4.69, 9.17) is 4.74 Å².